The normalized spacial score (nSPS) is 13.0. The van der Waals surface area contributed by atoms with Gasteiger partial charge in [0.1, 0.15) is 0 Å². The zero-order valence-corrected chi connectivity index (χ0v) is 16.2. The van der Waals surface area contributed by atoms with Gasteiger partial charge in [-0.3, -0.25) is 0 Å². The van der Waals surface area contributed by atoms with Gasteiger partial charge in [0.05, 0.1) is 18.8 Å². The van der Waals surface area contributed by atoms with Crippen LogP contribution in [0.3, 0.4) is 0 Å². The quantitative estimate of drug-likeness (QED) is 0.498. The predicted octanol–water partition coefficient (Wildman–Crippen LogP) is 4.57. The third-order valence-corrected chi connectivity index (χ3v) is 4.23. The molecule has 0 fully saturated rings. The van der Waals surface area contributed by atoms with E-state index in [-0.39, 0.29) is 13.2 Å². The van der Waals surface area contributed by atoms with Crippen LogP contribution in [0, 0.1) is 0 Å². The second kappa shape index (κ2) is 9.47. The van der Waals surface area contributed by atoms with Crippen LogP contribution in [0.15, 0.2) is 60.7 Å². The molecule has 2 aromatic rings. The summed E-state index contributed by atoms with van der Waals surface area (Å²) in [5, 5.41) is 28.4. The smallest absolute Gasteiger partial charge is 0.0774 e. The molecule has 0 spiro atoms. The molecule has 0 unspecified atom stereocenters. The van der Waals surface area contributed by atoms with Gasteiger partial charge in [0.15, 0.2) is 0 Å². The van der Waals surface area contributed by atoms with Crippen molar-refractivity contribution in [1.82, 2.24) is 0 Å². The van der Waals surface area contributed by atoms with Crippen molar-refractivity contribution in [3.05, 3.63) is 88.5 Å². The summed E-state index contributed by atoms with van der Waals surface area (Å²) in [5.41, 5.74) is 4.94. The van der Waals surface area contributed by atoms with Gasteiger partial charge in [-0.05, 0) is 66.3 Å². The van der Waals surface area contributed by atoms with Crippen molar-refractivity contribution >= 4 is 17.7 Å². The number of hydrogen-bond acceptors (Lipinski definition) is 3. The fourth-order valence-electron chi connectivity index (χ4n) is 2.66. The van der Waals surface area contributed by atoms with Gasteiger partial charge in [-0.1, -0.05) is 60.7 Å². The number of aliphatic hydroxyl groups is 3. The number of benzene rings is 2. The SMILES string of the molecule is C/C(=C\C=C\C(C)(C)O)c1cccc(C=Cc2ccc(CO)c(CO)c2)c1. The second-order valence-electron chi connectivity index (χ2n) is 7.17. The molecular formula is C24H28O3. The Morgan fingerprint density at radius 3 is 2.22 bits per heavy atom. The van der Waals surface area contributed by atoms with E-state index >= 15 is 0 Å². The fraction of sp³-hybridized carbons (Fsp3) is 0.250. The first-order valence-electron chi connectivity index (χ1n) is 9.03. The van der Waals surface area contributed by atoms with Crippen molar-refractivity contribution in [1.29, 1.82) is 0 Å². The van der Waals surface area contributed by atoms with Gasteiger partial charge >= 0.3 is 0 Å². The minimum Gasteiger partial charge on any atom is -0.392 e. The topological polar surface area (TPSA) is 60.7 Å². The largest absolute Gasteiger partial charge is 0.392 e. The lowest BCUT2D eigenvalue weighted by molar-refractivity contribution is 0.133. The van der Waals surface area contributed by atoms with E-state index in [9.17, 15) is 15.3 Å². The molecule has 0 heterocycles. The van der Waals surface area contributed by atoms with Gasteiger partial charge in [0.25, 0.3) is 0 Å². The van der Waals surface area contributed by atoms with Crippen molar-refractivity contribution in [2.24, 2.45) is 0 Å². The standard InChI is InChI=1S/C24H28O3/c1-18(6-5-13-24(2,3)27)21-8-4-7-19(14-21)9-10-20-11-12-22(16-25)23(15-20)17-26/h4-15,25-27H,16-17H2,1-3H3/b10-9?,13-5+,18-6+. The molecule has 2 rings (SSSR count). The molecule has 0 saturated heterocycles. The summed E-state index contributed by atoms with van der Waals surface area (Å²) in [5.74, 6) is 0. The number of aliphatic hydroxyl groups excluding tert-OH is 2. The third kappa shape index (κ3) is 6.65. The van der Waals surface area contributed by atoms with Crippen LogP contribution in [-0.4, -0.2) is 20.9 Å². The van der Waals surface area contributed by atoms with Gasteiger partial charge < -0.3 is 15.3 Å². The molecular weight excluding hydrogens is 336 g/mol. The molecule has 142 valence electrons. The summed E-state index contributed by atoms with van der Waals surface area (Å²) in [4.78, 5) is 0. The van der Waals surface area contributed by atoms with Gasteiger partial charge in [-0.25, -0.2) is 0 Å². The highest BCUT2D eigenvalue weighted by atomic mass is 16.3. The Hall–Kier alpha value is -2.46. The van der Waals surface area contributed by atoms with Crippen LogP contribution in [0.5, 0.6) is 0 Å². The summed E-state index contributed by atoms with van der Waals surface area (Å²) in [6, 6.07) is 13.9. The lowest BCUT2D eigenvalue weighted by Crippen LogP contribution is -2.13. The molecule has 3 nitrogen and oxygen atoms in total. The molecule has 2 aromatic carbocycles. The molecule has 0 atom stereocenters. The first-order valence-corrected chi connectivity index (χ1v) is 9.03. The molecule has 3 heteroatoms. The van der Waals surface area contributed by atoms with Crippen LogP contribution >= 0.6 is 0 Å². The Morgan fingerprint density at radius 1 is 0.926 bits per heavy atom. The number of hydrogen-bond donors (Lipinski definition) is 3. The molecule has 0 aliphatic rings. The van der Waals surface area contributed by atoms with Gasteiger partial charge in [0, 0.05) is 0 Å². The summed E-state index contributed by atoms with van der Waals surface area (Å²) in [7, 11) is 0. The van der Waals surface area contributed by atoms with E-state index in [2.05, 4.69) is 12.1 Å². The van der Waals surface area contributed by atoms with E-state index in [0.717, 1.165) is 33.4 Å². The molecule has 27 heavy (non-hydrogen) atoms. The zero-order chi connectivity index (χ0) is 19.9. The number of allylic oxidation sites excluding steroid dienone is 3. The van der Waals surface area contributed by atoms with E-state index in [1.165, 1.54) is 0 Å². The van der Waals surface area contributed by atoms with Crippen LogP contribution in [0.1, 0.15) is 48.6 Å². The monoisotopic (exact) mass is 364 g/mol. The van der Waals surface area contributed by atoms with Crippen molar-refractivity contribution in [3.8, 4) is 0 Å². The van der Waals surface area contributed by atoms with Gasteiger partial charge in [0.2, 0.25) is 0 Å². The maximum absolute atomic E-state index is 9.74. The van der Waals surface area contributed by atoms with E-state index in [4.69, 9.17) is 0 Å². The molecule has 0 bridgehead atoms. The Morgan fingerprint density at radius 2 is 1.59 bits per heavy atom. The molecule has 0 amide bonds. The van der Waals surface area contributed by atoms with Crippen molar-refractivity contribution in [3.63, 3.8) is 0 Å². The average molecular weight is 364 g/mol. The van der Waals surface area contributed by atoms with Gasteiger partial charge in [-0.2, -0.15) is 0 Å². The molecule has 0 saturated carbocycles. The van der Waals surface area contributed by atoms with Gasteiger partial charge in [-0.15, -0.1) is 0 Å². The van der Waals surface area contributed by atoms with Crippen LogP contribution in [0.25, 0.3) is 17.7 Å². The maximum atomic E-state index is 9.74. The van der Waals surface area contributed by atoms with E-state index < -0.39 is 5.60 Å². The summed E-state index contributed by atoms with van der Waals surface area (Å²) in [6.45, 7) is 5.37. The zero-order valence-electron chi connectivity index (χ0n) is 16.2. The summed E-state index contributed by atoms with van der Waals surface area (Å²) < 4.78 is 0. The van der Waals surface area contributed by atoms with Crippen LogP contribution in [-0.2, 0) is 13.2 Å². The predicted molar refractivity (Wildman–Crippen MR) is 113 cm³/mol. The highest BCUT2D eigenvalue weighted by Crippen LogP contribution is 2.19. The Kier molecular flexibility index (Phi) is 7.31. The maximum Gasteiger partial charge on any atom is 0.0774 e. The van der Waals surface area contributed by atoms with E-state index in [1.807, 2.05) is 61.6 Å². The molecule has 3 N–H and O–H groups in total. The molecule has 0 aliphatic carbocycles. The highest BCUT2D eigenvalue weighted by Gasteiger charge is 2.05. The van der Waals surface area contributed by atoms with Crippen LogP contribution in [0.2, 0.25) is 0 Å². The fourth-order valence-corrected chi connectivity index (χ4v) is 2.66. The first-order chi connectivity index (χ1) is 12.8. The first kappa shape index (κ1) is 20.8. The van der Waals surface area contributed by atoms with E-state index in [1.54, 1.807) is 19.9 Å². The number of rotatable bonds is 7. The minimum atomic E-state index is -0.819. The second-order valence-corrected chi connectivity index (χ2v) is 7.17. The van der Waals surface area contributed by atoms with Crippen LogP contribution < -0.4 is 0 Å². The van der Waals surface area contributed by atoms with Crippen molar-refractivity contribution in [2.75, 3.05) is 0 Å². The minimum absolute atomic E-state index is 0.0740. The lowest BCUT2D eigenvalue weighted by Gasteiger charge is -2.09. The molecule has 0 radical (unpaired) electrons. The summed E-state index contributed by atoms with van der Waals surface area (Å²) >= 11 is 0. The summed E-state index contributed by atoms with van der Waals surface area (Å²) in [6.07, 6.45) is 9.64. The van der Waals surface area contributed by atoms with Crippen LogP contribution in [0.4, 0.5) is 0 Å². The highest BCUT2D eigenvalue weighted by molar-refractivity contribution is 5.73. The average Bonchev–Trinajstić information content (AvgIpc) is 2.65. The van der Waals surface area contributed by atoms with E-state index in [0.29, 0.717) is 0 Å². The third-order valence-electron chi connectivity index (χ3n) is 4.23. The Bertz CT molecular complexity index is 852. The Balaban J connectivity index is 2.19. The lowest BCUT2D eigenvalue weighted by atomic mass is 10.0. The molecule has 0 aliphatic heterocycles. The Labute approximate surface area is 161 Å². The molecule has 0 aromatic heterocycles. The van der Waals surface area contributed by atoms with Crippen molar-refractivity contribution < 1.29 is 15.3 Å². The van der Waals surface area contributed by atoms with Crippen molar-refractivity contribution in [2.45, 2.75) is 39.6 Å².